The van der Waals surface area contributed by atoms with Gasteiger partial charge in [0.2, 0.25) is 5.91 Å². The molecule has 1 amide bonds. The van der Waals surface area contributed by atoms with Gasteiger partial charge in [-0.2, -0.15) is 0 Å². The van der Waals surface area contributed by atoms with Crippen molar-refractivity contribution >= 4 is 5.91 Å². The van der Waals surface area contributed by atoms with E-state index in [9.17, 15) is 4.79 Å². The van der Waals surface area contributed by atoms with E-state index in [1.807, 2.05) is 0 Å². The fourth-order valence-corrected chi connectivity index (χ4v) is 2.44. The van der Waals surface area contributed by atoms with Crippen molar-refractivity contribution in [2.45, 2.75) is 44.7 Å². The molecule has 0 spiro atoms. The standard InChI is InChI=1S/C11H20N2O/c1-9(14)13(10-3-4-10)11-5-7-12(2)8-6-11/h10-11H,3-8H2,1-2H3. The molecule has 1 saturated heterocycles. The zero-order valence-electron chi connectivity index (χ0n) is 9.20. The Labute approximate surface area is 86.1 Å². The lowest BCUT2D eigenvalue weighted by atomic mass is 10.0. The first-order chi connectivity index (χ1) is 6.68. The molecule has 1 heterocycles. The Morgan fingerprint density at radius 3 is 2.07 bits per heavy atom. The molecule has 0 bridgehead atoms. The first kappa shape index (κ1) is 9.97. The van der Waals surface area contributed by atoms with Crippen molar-refractivity contribution in [1.29, 1.82) is 0 Å². The minimum absolute atomic E-state index is 0.280. The van der Waals surface area contributed by atoms with Crippen molar-refractivity contribution in [3.05, 3.63) is 0 Å². The molecule has 1 aliphatic heterocycles. The van der Waals surface area contributed by atoms with E-state index in [1.54, 1.807) is 6.92 Å². The lowest BCUT2D eigenvalue weighted by Crippen LogP contribution is -2.46. The van der Waals surface area contributed by atoms with E-state index in [4.69, 9.17) is 0 Å². The van der Waals surface area contributed by atoms with Crippen molar-refractivity contribution in [2.75, 3.05) is 20.1 Å². The zero-order chi connectivity index (χ0) is 10.1. The van der Waals surface area contributed by atoms with Crippen LogP contribution in [0.25, 0.3) is 0 Å². The summed E-state index contributed by atoms with van der Waals surface area (Å²) in [6, 6.07) is 1.11. The summed E-state index contributed by atoms with van der Waals surface area (Å²) in [6.45, 7) is 4.00. The molecule has 1 aliphatic carbocycles. The van der Waals surface area contributed by atoms with E-state index >= 15 is 0 Å². The normalized spacial score (nSPS) is 25.0. The maximum Gasteiger partial charge on any atom is 0.219 e. The summed E-state index contributed by atoms with van der Waals surface area (Å²) in [6.07, 6.45) is 4.77. The van der Waals surface area contributed by atoms with Crippen molar-refractivity contribution < 1.29 is 4.79 Å². The van der Waals surface area contributed by atoms with Crippen LogP contribution in [0.15, 0.2) is 0 Å². The first-order valence-corrected chi connectivity index (χ1v) is 5.66. The topological polar surface area (TPSA) is 23.6 Å². The SMILES string of the molecule is CC(=O)N(C1CC1)C1CCN(C)CC1. The Balaban J connectivity index is 1.94. The first-order valence-electron chi connectivity index (χ1n) is 5.66. The number of carbonyl (C=O) groups is 1. The van der Waals surface area contributed by atoms with Crippen LogP contribution in [0.4, 0.5) is 0 Å². The molecule has 80 valence electrons. The van der Waals surface area contributed by atoms with Gasteiger partial charge in [0.15, 0.2) is 0 Å². The summed E-state index contributed by atoms with van der Waals surface area (Å²) < 4.78 is 0. The second-order valence-electron chi connectivity index (χ2n) is 4.69. The highest BCUT2D eigenvalue weighted by Gasteiger charge is 2.36. The van der Waals surface area contributed by atoms with E-state index in [0.29, 0.717) is 12.1 Å². The average Bonchev–Trinajstić information content (AvgIpc) is 2.92. The van der Waals surface area contributed by atoms with E-state index in [0.717, 1.165) is 25.9 Å². The van der Waals surface area contributed by atoms with Gasteiger partial charge in [-0.1, -0.05) is 0 Å². The molecule has 2 fully saturated rings. The van der Waals surface area contributed by atoms with Crippen molar-refractivity contribution in [2.24, 2.45) is 0 Å². The van der Waals surface area contributed by atoms with Crippen LogP contribution in [0.1, 0.15) is 32.6 Å². The lowest BCUT2D eigenvalue weighted by molar-refractivity contribution is -0.132. The molecule has 0 N–H and O–H groups in total. The Hall–Kier alpha value is -0.570. The number of carbonyl (C=O) groups excluding carboxylic acids is 1. The summed E-state index contributed by atoms with van der Waals surface area (Å²) in [5.41, 5.74) is 0. The predicted molar refractivity (Wildman–Crippen MR) is 56.1 cm³/mol. The smallest absolute Gasteiger partial charge is 0.219 e. The second-order valence-corrected chi connectivity index (χ2v) is 4.69. The molecule has 2 rings (SSSR count). The van der Waals surface area contributed by atoms with E-state index in [2.05, 4.69) is 16.8 Å². The molecule has 0 unspecified atom stereocenters. The van der Waals surface area contributed by atoms with Gasteiger partial charge in [0.05, 0.1) is 0 Å². The van der Waals surface area contributed by atoms with Crippen LogP contribution in [0.2, 0.25) is 0 Å². The maximum atomic E-state index is 11.5. The van der Waals surface area contributed by atoms with Gasteiger partial charge in [0, 0.05) is 19.0 Å². The minimum atomic E-state index is 0.280. The number of nitrogens with zero attached hydrogens (tertiary/aromatic N) is 2. The molecule has 0 atom stereocenters. The van der Waals surface area contributed by atoms with Crippen LogP contribution >= 0.6 is 0 Å². The van der Waals surface area contributed by atoms with Gasteiger partial charge in [-0.3, -0.25) is 4.79 Å². The summed E-state index contributed by atoms with van der Waals surface area (Å²) in [5, 5.41) is 0. The van der Waals surface area contributed by atoms with Crippen LogP contribution in [-0.2, 0) is 4.79 Å². The van der Waals surface area contributed by atoms with Gasteiger partial charge in [-0.25, -0.2) is 0 Å². The average molecular weight is 196 g/mol. The van der Waals surface area contributed by atoms with Crippen LogP contribution in [-0.4, -0.2) is 47.9 Å². The van der Waals surface area contributed by atoms with Crippen LogP contribution in [0.5, 0.6) is 0 Å². The predicted octanol–water partition coefficient (Wildman–Crippen LogP) is 1.09. The Morgan fingerprint density at radius 1 is 1.14 bits per heavy atom. The van der Waals surface area contributed by atoms with Gasteiger partial charge in [-0.05, 0) is 45.8 Å². The van der Waals surface area contributed by atoms with Crippen LogP contribution in [0.3, 0.4) is 0 Å². The fourth-order valence-electron chi connectivity index (χ4n) is 2.44. The monoisotopic (exact) mass is 196 g/mol. The number of piperidine rings is 1. The molecule has 3 heteroatoms. The quantitative estimate of drug-likeness (QED) is 0.660. The third-order valence-corrected chi connectivity index (χ3v) is 3.39. The molecule has 1 saturated carbocycles. The molecule has 3 nitrogen and oxygen atoms in total. The molecule has 0 aromatic heterocycles. The maximum absolute atomic E-state index is 11.5. The molecule has 2 aliphatic rings. The summed E-state index contributed by atoms with van der Waals surface area (Å²) >= 11 is 0. The molecule has 0 radical (unpaired) electrons. The number of amides is 1. The Morgan fingerprint density at radius 2 is 1.64 bits per heavy atom. The van der Waals surface area contributed by atoms with Crippen molar-refractivity contribution in [1.82, 2.24) is 9.80 Å². The van der Waals surface area contributed by atoms with Gasteiger partial charge in [0.25, 0.3) is 0 Å². The fraction of sp³-hybridized carbons (Fsp3) is 0.909. The second kappa shape index (κ2) is 3.89. The molecular formula is C11H20N2O. The van der Waals surface area contributed by atoms with Crippen molar-refractivity contribution in [3.63, 3.8) is 0 Å². The largest absolute Gasteiger partial charge is 0.337 e. The van der Waals surface area contributed by atoms with Gasteiger partial charge < -0.3 is 9.80 Å². The number of rotatable bonds is 2. The van der Waals surface area contributed by atoms with Crippen LogP contribution < -0.4 is 0 Å². The molecular weight excluding hydrogens is 176 g/mol. The molecule has 0 aromatic carbocycles. The lowest BCUT2D eigenvalue weighted by Gasteiger charge is -2.37. The Bertz CT molecular complexity index is 217. The van der Waals surface area contributed by atoms with E-state index in [-0.39, 0.29) is 5.91 Å². The highest BCUT2D eigenvalue weighted by Crippen LogP contribution is 2.31. The third kappa shape index (κ3) is 2.08. The Kier molecular flexibility index (Phi) is 2.77. The minimum Gasteiger partial charge on any atom is -0.337 e. The summed E-state index contributed by atoms with van der Waals surface area (Å²) in [4.78, 5) is 16.0. The van der Waals surface area contributed by atoms with Gasteiger partial charge >= 0.3 is 0 Å². The van der Waals surface area contributed by atoms with E-state index in [1.165, 1.54) is 12.8 Å². The highest BCUT2D eigenvalue weighted by atomic mass is 16.2. The van der Waals surface area contributed by atoms with Crippen molar-refractivity contribution in [3.8, 4) is 0 Å². The summed E-state index contributed by atoms with van der Waals surface area (Å²) in [7, 11) is 2.16. The van der Waals surface area contributed by atoms with E-state index < -0.39 is 0 Å². The van der Waals surface area contributed by atoms with Crippen LogP contribution in [0, 0.1) is 0 Å². The molecule has 0 aromatic rings. The summed E-state index contributed by atoms with van der Waals surface area (Å²) in [5.74, 6) is 0.280. The van der Waals surface area contributed by atoms with Gasteiger partial charge in [-0.15, -0.1) is 0 Å². The number of hydrogen-bond acceptors (Lipinski definition) is 2. The highest BCUT2D eigenvalue weighted by molar-refractivity contribution is 5.74. The van der Waals surface area contributed by atoms with Gasteiger partial charge in [0.1, 0.15) is 0 Å². The molecule has 14 heavy (non-hydrogen) atoms. The number of likely N-dealkylation sites (tertiary alicyclic amines) is 1. The number of hydrogen-bond donors (Lipinski definition) is 0. The third-order valence-electron chi connectivity index (χ3n) is 3.39. The zero-order valence-corrected chi connectivity index (χ0v) is 9.20.